The van der Waals surface area contributed by atoms with Gasteiger partial charge in [-0.25, -0.2) is 12.8 Å². The van der Waals surface area contributed by atoms with Crippen LogP contribution >= 0.6 is 0 Å². The zero-order chi connectivity index (χ0) is 17.9. The number of quaternary nitrogens is 1. The van der Waals surface area contributed by atoms with Gasteiger partial charge < -0.3 is 4.90 Å². The van der Waals surface area contributed by atoms with Crippen molar-refractivity contribution >= 4 is 10.0 Å². The molecule has 0 amide bonds. The molecule has 0 atom stereocenters. The molecule has 0 aliphatic carbocycles. The van der Waals surface area contributed by atoms with Crippen LogP contribution in [0.3, 0.4) is 0 Å². The van der Waals surface area contributed by atoms with Crippen molar-refractivity contribution in [3.8, 4) is 6.07 Å². The predicted octanol–water partition coefficient (Wildman–Crippen LogP) is 0.787. The maximum absolute atomic E-state index is 13.0. The molecule has 1 heterocycles. The van der Waals surface area contributed by atoms with E-state index in [2.05, 4.69) is 6.07 Å². The van der Waals surface area contributed by atoms with Gasteiger partial charge in [0.15, 0.2) is 0 Å². The van der Waals surface area contributed by atoms with Crippen LogP contribution in [-0.2, 0) is 16.6 Å². The maximum atomic E-state index is 13.0. The predicted molar refractivity (Wildman–Crippen MR) is 90.7 cm³/mol. The maximum Gasteiger partial charge on any atom is 0.243 e. The van der Waals surface area contributed by atoms with Crippen LogP contribution in [0.5, 0.6) is 0 Å². The highest BCUT2D eigenvalue weighted by Gasteiger charge is 2.30. The number of hydrogen-bond acceptors (Lipinski definition) is 3. The molecule has 1 fully saturated rings. The number of piperazine rings is 1. The molecule has 1 saturated heterocycles. The molecule has 0 bridgehead atoms. The molecule has 0 unspecified atom stereocenters. The summed E-state index contributed by atoms with van der Waals surface area (Å²) >= 11 is 0. The minimum absolute atomic E-state index is 0.124. The molecule has 2 aromatic rings. The van der Waals surface area contributed by atoms with Gasteiger partial charge in [0.25, 0.3) is 0 Å². The van der Waals surface area contributed by atoms with Gasteiger partial charge in [0.05, 0.1) is 42.7 Å². The van der Waals surface area contributed by atoms with E-state index in [1.807, 2.05) is 18.2 Å². The normalized spacial score (nSPS) is 16.5. The van der Waals surface area contributed by atoms with E-state index < -0.39 is 15.8 Å². The molecule has 25 heavy (non-hydrogen) atoms. The number of nitriles is 1. The lowest BCUT2D eigenvalue weighted by atomic mass is 10.1. The zero-order valence-electron chi connectivity index (χ0n) is 13.7. The van der Waals surface area contributed by atoms with Gasteiger partial charge in [-0.1, -0.05) is 12.1 Å². The van der Waals surface area contributed by atoms with Crippen LogP contribution in [-0.4, -0.2) is 38.9 Å². The lowest BCUT2D eigenvalue weighted by molar-refractivity contribution is -0.917. The summed E-state index contributed by atoms with van der Waals surface area (Å²) in [7, 11) is -3.58. The fraction of sp³-hybridized carbons (Fsp3) is 0.278. The Morgan fingerprint density at radius 3 is 2.44 bits per heavy atom. The number of benzene rings is 2. The summed E-state index contributed by atoms with van der Waals surface area (Å²) in [6.07, 6.45) is 0. The van der Waals surface area contributed by atoms with Gasteiger partial charge in [0.2, 0.25) is 10.0 Å². The molecule has 2 aromatic carbocycles. The topological polar surface area (TPSA) is 65.6 Å². The van der Waals surface area contributed by atoms with Crippen molar-refractivity contribution in [1.29, 1.82) is 5.26 Å². The van der Waals surface area contributed by atoms with Crippen LogP contribution in [0.15, 0.2) is 53.4 Å². The van der Waals surface area contributed by atoms with Gasteiger partial charge in [-0.15, -0.1) is 0 Å². The smallest absolute Gasteiger partial charge is 0.243 e. The lowest BCUT2D eigenvalue weighted by Gasteiger charge is -2.31. The first-order valence-electron chi connectivity index (χ1n) is 8.07. The summed E-state index contributed by atoms with van der Waals surface area (Å²) in [4.78, 5) is 1.40. The van der Waals surface area contributed by atoms with E-state index in [0.717, 1.165) is 24.2 Å². The van der Waals surface area contributed by atoms with Gasteiger partial charge >= 0.3 is 0 Å². The van der Waals surface area contributed by atoms with E-state index in [0.29, 0.717) is 31.7 Å². The second-order valence-corrected chi connectivity index (χ2v) is 8.03. The van der Waals surface area contributed by atoms with Crippen molar-refractivity contribution in [2.45, 2.75) is 11.4 Å². The van der Waals surface area contributed by atoms with E-state index >= 15 is 0 Å². The molecule has 3 rings (SSSR count). The molecule has 1 aliphatic rings. The standard InChI is InChI=1S/C18H18FN3O2S/c19-17-4-6-18(7-5-17)25(23,24)22-10-8-21(9-11-22)14-16-3-1-2-15(12-16)13-20/h1-7,12H,8-11,14H2/p+1. The van der Waals surface area contributed by atoms with Crippen LogP contribution in [0.25, 0.3) is 0 Å². The van der Waals surface area contributed by atoms with Crippen LogP contribution in [0.1, 0.15) is 11.1 Å². The van der Waals surface area contributed by atoms with Gasteiger partial charge in [0.1, 0.15) is 12.4 Å². The Labute approximate surface area is 147 Å². The summed E-state index contributed by atoms with van der Waals surface area (Å²) in [5.41, 5.74) is 1.71. The minimum atomic E-state index is -3.58. The number of halogens is 1. The molecule has 0 aromatic heterocycles. The fourth-order valence-electron chi connectivity index (χ4n) is 3.01. The highest BCUT2D eigenvalue weighted by atomic mass is 32.2. The quantitative estimate of drug-likeness (QED) is 0.877. The summed E-state index contributed by atoms with van der Waals surface area (Å²) in [6, 6.07) is 14.5. The average Bonchev–Trinajstić information content (AvgIpc) is 2.63. The number of rotatable bonds is 4. The number of nitrogens with zero attached hydrogens (tertiary/aromatic N) is 2. The SMILES string of the molecule is N#Cc1cccc(C[NH+]2CCN(S(=O)(=O)c3ccc(F)cc3)CC2)c1. The largest absolute Gasteiger partial charge is 0.329 e. The van der Waals surface area contributed by atoms with Crippen LogP contribution in [0.2, 0.25) is 0 Å². The molecule has 7 heteroatoms. The zero-order valence-corrected chi connectivity index (χ0v) is 14.5. The Balaban J connectivity index is 1.63. The number of nitrogens with one attached hydrogen (secondary N) is 1. The molecular formula is C18H19FN3O2S+. The highest BCUT2D eigenvalue weighted by molar-refractivity contribution is 7.89. The van der Waals surface area contributed by atoms with Crippen molar-refractivity contribution < 1.29 is 17.7 Å². The van der Waals surface area contributed by atoms with Crippen LogP contribution in [0.4, 0.5) is 4.39 Å². The van der Waals surface area contributed by atoms with Crippen molar-refractivity contribution in [2.75, 3.05) is 26.2 Å². The molecule has 1 aliphatic heterocycles. The Morgan fingerprint density at radius 1 is 1.12 bits per heavy atom. The molecule has 1 N–H and O–H groups in total. The van der Waals surface area contributed by atoms with Crippen molar-refractivity contribution in [3.05, 3.63) is 65.5 Å². The van der Waals surface area contributed by atoms with Gasteiger partial charge in [-0.3, -0.25) is 0 Å². The first-order chi connectivity index (χ1) is 12.0. The van der Waals surface area contributed by atoms with Crippen LogP contribution < -0.4 is 4.90 Å². The van der Waals surface area contributed by atoms with Crippen molar-refractivity contribution in [2.24, 2.45) is 0 Å². The van der Waals surface area contributed by atoms with E-state index in [9.17, 15) is 12.8 Å². The molecule has 0 radical (unpaired) electrons. The van der Waals surface area contributed by atoms with Gasteiger partial charge in [-0.05, 0) is 36.4 Å². The molecular weight excluding hydrogens is 341 g/mol. The summed E-state index contributed by atoms with van der Waals surface area (Å²) < 4.78 is 39.7. The van der Waals surface area contributed by atoms with Crippen molar-refractivity contribution in [1.82, 2.24) is 4.31 Å². The summed E-state index contributed by atoms with van der Waals surface area (Å²) in [6.45, 7) is 2.99. The Morgan fingerprint density at radius 2 is 1.80 bits per heavy atom. The second-order valence-electron chi connectivity index (χ2n) is 6.10. The lowest BCUT2D eigenvalue weighted by Crippen LogP contribution is -3.13. The van der Waals surface area contributed by atoms with Crippen LogP contribution in [0, 0.1) is 17.1 Å². The molecule has 5 nitrogen and oxygen atoms in total. The van der Waals surface area contributed by atoms with E-state index in [4.69, 9.17) is 5.26 Å². The second kappa shape index (κ2) is 7.31. The third kappa shape index (κ3) is 4.04. The summed E-state index contributed by atoms with van der Waals surface area (Å²) in [5.74, 6) is -0.451. The Kier molecular flexibility index (Phi) is 5.13. The molecule has 130 valence electrons. The number of sulfonamides is 1. The van der Waals surface area contributed by atoms with E-state index in [1.54, 1.807) is 6.07 Å². The number of hydrogen-bond donors (Lipinski definition) is 1. The van der Waals surface area contributed by atoms with E-state index in [-0.39, 0.29) is 4.90 Å². The Bertz CT molecular complexity index is 883. The first kappa shape index (κ1) is 17.5. The third-order valence-corrected chi connectivity index (χ3v) is 6.30. The monoisotopic (exact) mass is 360 g/mol. The average molecular weight is 360 g/mol. The van der Waals surface area contributed by atoms with Gasteiger partial charge in [0, 0.05) is 5.56 Å². The summed E-state index contributed by atoms with van der Waals surface area (Å²) in [5, 5.41) is 8.96. The van der Waals surface area contributed by atoms with E-state index in [1.165, 1.54) is 21.3 Å². The van der Waals surface area contributed by atoms with Gasteiger partial charge in [-0.2, -0.15) is 9.57 Å². The third-order valence-electron chi connectivity index (χ3n) is 4.39. The van der Waals surface area contributed by atoms with Crippen molar-refractivity contribution in [3.63, 3.8) is 0 Å². The molecule has 0 saturated carbocycles. The highest BCUT2D eigenvalue weighted by Crippen LogP contribution is 2.16. The first-order valence-corrected chi connectivity index (χ1v) is 9.51. The minimum Gasteiger partial charge on any atom is -0.329 e. The fourth-order valence-corrected chi connectivity index (χ4v) is 4.46. The Hall–Kier alpha value is -2.27. The molecule has 0 spiro atoms.